The van der Waals surface area contributed by atoms with Crippen LogP contribution in [0.1, 0.15) is 29.2 Å². The van der Waals surface area contributed by atoms with Crippen molar-refractivity contribution in [3.8, 4) is 5.75 Å². The quantitative estimate of drug-likeness (QED) is 0.196. The lowest BCUT2D eigenvalue weighted by atomic mass is 10.1. The Labute approximate surface area is 203 Å². The molecule has 0 amide bonds. The number of aromatic nitrogens is 2. The largest absolute Gasteiger partial charge is 0.493 e. The summed E-state index contributed by atoms with van der Waals surface area (Å²) in [5.41, 5.74) is 3.43. The molecular weight excluding hydrogens is 507 g/mol. The highest BCUT2D eigenvalue weighted by Crippen LogP contribution is 2.21. The molecule has 0 bridgehead atoms. The molecule has 0 aliphatic rings. The first-order valence-corrected chi connectivity index (χ1v) is 10.2. The number of likely N-dealkylation sites (N-methyl/N-ethyl adjacent to an activating group) is 1. The molecule has 2 aromatic rings. The summed E-state index contributed by atoms with van der Waals surface area (Å²) in [6, 6.07) is 6.46. The second-order valence-electron chi connectivity index (χ2n) is 7.54. The van der Waals surface area contributed by atoms with Crippen molar-refractivity contribution in [1.29, 1.82) is 0 Å². The minimum absolute atomic E-state index is 0. The van der Waals surface area contributed by atoms with Crippen molar-refractivity contribution >= 4 is 29.9 Å². The van der Waals surface area contributed by atoms with E-state index in [2.05, 4.69) is 64.8 Å². The normalized spacial score (nSPS) is 12.4. The summed E-state index contributed by atoms with van der Waals surface area (Å²) in [6.45, 7) is 4.73. The number of benzene rings is 1. The number of halogens is 1. The zero-order chi connectivity index (χ0) is 21.9. The number of guanidine groups is 1. The van der Waals surface area contributed by atoms with E-state index in [1.165, 1.54) is 5.56 Å². The second kappa shape index (κ2) is 14.3. The predicted molar refractivity (Wildman–Crippen MR) is 136 cm³/mol. The van der Waals surface area contributed by atoms with Crippen molar-refractivity contribution in [3.63, 3.8) is 0 Å². The van der Waals surface area contributed by atoms with Crippen molar-refractivity contribution in [1.82, 2.24) is 25.3 Å². The van der Waals surface area contributed by atoms with Crippen molar-refractivity contribution in [2.24, 2.45) is 12.0 Å². The van der Waals surface area contributed by atoms with Crippen molar-refractivity contribution in [2.75, 3.05) is 48.0 Å². The summed E-state index contributed by atoms with van der Waals surface area (Å²) < 4.78 is 12.9. The second-order valence-corrected chi connectivity index (χ2v) is 7.54. The molecule has 2 N–H and O–H groups in total. The number of nitrogens with zero attached hydrogens (tertiary/aromatic N) is 4. The monoisotopic (exact) mass is 544 g/mol. The first-order valence-electron chi connectivity index (χ1n) is 10.2. The SMILES string of the molecule is CN=C(NCc1ccc(C)cc1OCCCOC)NCC(c1cnn(C)c1)N(C)C.I. The molecule has 0 spiro atoms. The fourth-order valence-corrected chi connectivity index (χ4v) is 3.13. The lowest BCUT2D eigenvalue weighted by Crippen LogP contribution is -2.41. The van der Waals surface area contributed by atoms with Gasteiger partial charge in [-0.1, -0.05) is 12.1 Å². The Bertz CT molecular complexity index is 809. The summed E-state index contributed by atoms with van der Waals surface area (Å²) in [4.78, 5) is 6.53. The van der Waals surface area contributed by atoms with Crippen LogP contribution in [0, 0.1) is 6.92 Å². The first kappa shape index (κ1) is 27.2. The van der Waals surface area contributed by atoms with Gasteiger partial charge >= 0.3 is 0 Å². The zero-order valence-electron chi connectivity index (χ0n) is 19.5. The molecule has 2 rings (SSSR count). The molecule has 1 atom stereocenters. The van der Waals surface area contributed by atoms with Crippen LogP contribution in [0.25, 0.3) is 0 Å². The molecule has 1 aromatic carbocycles. The lowest BCUT2D eigenvalue weighted by molar-refractivity contribution is 0.171. The van der Waals surface area contributed by atoms with E-state index in [-0.39, 0.29) is 30.0 Å². The molecule has 31 heavy (non-hydrogen) atoms. The van der Waals surface area contributed by atoms with Crippen molar-refractivity contribution in [3.05, 3.63) is 47.3 Å². The van der Waals surface area contributed by atoms with Gasteiger partial charge in [-0.25, -0.2) is 0 Å². The minimum Gasteiger partial charge on any atom is -0.493 e. The number of hydrogen-bond donors (Lipinski definition) is 2. The Balaban J connectivity index is 0.00000480. The van der Waals surface area contributed by atoms with E-state index >= 15 is 0 Å². The van der Waals surface area contributed by atoms with Gasteiger partial charge in [0.15, 0.2) is 5.96 Å². The standard InChI is InChI=1S/C22H36N6O2.HI/c1-17-8-9-18(21(12-17)30-11-7-10-29-6)13-24-22(23-2)25-15-20(27(3)4)19-14-26-28(5)16-19;/h8-9,12,14,16,20H,7,10-11,13,15H2,1-6H3,(H2,23,24,25);1H. The highest BCUT2D eigenvalue weighted by molar-refractivity contribution is 14.0. The van der Waals surface area contributed by atoms with Gasteiger partial charge in [-0.15, -0.1) is 24.0 Å². The van der Waals surface area contributed by atoms with E-state index in [1.54, 1.807) is 14.2 Å². The summed E-state index contributed by atoms with van der Waals surface area (Å²) in [7, 11) is 9.54. The number of hydrogen-bond acceptors (Lipinski definition) is 5. The van der Waals surface area contributed by atoms with Gasteiger partial charge in [-0.3, -0.25) is 9.67 Å². The van der Waals surface area contributed by atoms with Crippen LogP contribution < -0.4 is 15.4 Å². The number of ether oxygens (including phenoxy) is 2. The number of methoxy groups -OCH3 is 1. The molecule has 8 nitrogen and oxygen atoms in total. The Kier molecular flexibility index (Phi) is 12.5. The Morgan fingerprint density at radius 3 is 2.65 bits per heavy atom. The molecule has 0 saturated carbocycles. The van der Waals surface area contributed by atoms with Gasteiger partial charge in [-0.05, 0) is 32.6 Å². The smallest absolute Gasteiger partial charge is 0.191 e. The highest BCUT2D eigenvalue weighted by Gasteiger charge is 2.16. The van der Waals surface area contributed by atoms with Gasteiger partial charge in [-0.2, -0.15) is 5.10 Å². The average Bonchev–Trinajstić information content (AvgIpc) is 3.14. The molecule has 1 heterocycles. The average molecular weight is 544 g/mol. The van der Waals surface area contributed by atoms with Crippen LogP contribution in [-0.2, 0) is 18.3 Å². The van der Waals surface area contributed by atoms with Crippen LogP contribution in [0.4, 0.5) is 0 Å². The van der Waals surface area contributed by atoms with Gasteiger partial charge < -0.3 is 25.0 Å². The Morgan fingerprint density at radius 1 is 1.26 bits per heavy atom. The predicted octanol–water partition coefficient (Wildman–Crippen LogP) is 2.73. The number of nitrogens with one attached hydrogen (secondary N) is 2. The lowest BCUT2D eigenvalue weighted by Gasteiger charge is -2.24. The van der Waals surface area contributed by atoms with Crippen LogP contribution in [0.2, 0.25) is 0 Å². The highest BCUT2D eigenvalue weighted by atomic mass is 127. The Morgan fingerprint density at radius 2 is 2.03 bits per heavy atom. The third-order valence-electron chi connectivity index (χ3n) is 4.84. The topological polar surface area (TPSA) is 75.9 Å². The summed E-state index contributed by atoms with van der Waals surface area (Å²) in [5, 5.41) is 11.1. The molecule has 0 fully saturated rings. The summed E-state index contributed by atoms with van der Waals surface area (Å²) >= 11 is 0. The van der Waals surface area contributed by atoms with Crippen molar-refractivity contribution in [2.45, 2.75) is 25.9 Å². The molecule has 0 saturated heterocycles. The third-order valence-corrected chi connectivity index (χ3v) is 4.84. The zero-order valence-corrected chi connectivity index (χ0v) is 21.8. The van der Waals surface area contributed by atoms with Gasteiger partial charge in [0.1, 0.15) is 5.75 Å². The van der Waals surface area contributed by atoms with E-state index in [4.69, 9.17) is 9.47 Å². The third kappa shape index (κ3) is 9.04. The number of rotatable bonds is 11. The minimum atomic E-state index is 0. The molecule has 0 radical (unpaired) electrons. The number of aliphatic imine (C=N–C) groups is 1. The van der Waals surface area contributed by atoms with Crippen LogP contribution >= 0.6 is 24.0 Å². The number of aryl methyl sites for hydroxylation is 2. The molecule has 1 aromatic heterocycles. The van der Waals surface area contributed by atoms with E-state index in [9.17, 15) is 0 Å². The molecular formula is C22H37IN6O2. The van der Waals surface area contributed by atoms with E-state index in [0.717, 1.165) is 29.3 Å². The maximum Gasteiger partial charge on any atom is 0.191 e. The molecule has 1 unspecified atom stereocenters. The van der Waals surface area contributed by atoms with Crippen molar-refractivity contribution < 1.29 is 9.47 Å². The van der Waals surface area contributed by atoms with Crippen LogP contribution in [-0.4, -0.2) is 68.7 Å². The van der Waals surface area contributed by atoms with Gasteiger partial charge in [0, 0.05) is 64.6 Å². The molecule has 174 valence electrons. The van der Waals surface area contributed by atoms with Gasteiger partial charge in [0.2, 0.25) is 0 Å². The first-order chi connectivity index (χ1) is 14.4. The van der Waals surface area contributed by atoms with Gasteiger partial charge in [0.25, 0.3) is 0 Å². The Hall–Kier alpha value is -1.85. The van der Waals surface area contributed by atoms with Crippen LogP contribution in [0.3, 0.4) is 0 Å². The maximum atomic E-state index is 5.98. The van der Waals surface area contributed by atoms with Gasteiger partial charge in [0.05, 0.1) is 18.8 Å². The summed E-state index contributed by atoms with van der Waals surface area (Å²) in [6.07, 6.45) is 4.81. The molecule has 0 aliphatic heterocycles. The summed E-state index contributed by atoms with van der Waals surface area (Å²) in [5.74, 6) is 1.65. The van der Waals surface area contributed by atoms with Crippen LogP contribution in [0.5, 0.6) is 5.75 Å². The van der Waals surface area contributed by atoms with E-state index in [1.807, 2.05) is 24.1 Å². The maximum absolute atomic E-state index is 5.98. The van der Waals surface area contributed by atoms with E-state index < -0.39 is 0 Å². The fraction of sp³-hybridized carbons (Fsp3) is 0.545. The fourth-order valence-electron chi connectivity index (χ4n) is 3.13. The van der Waals surface area contributed by atoms with E-state index in [0.29, 0.717) is 26.3 Å². The molecule has 0 aliphatic carbocycles. The molecule has 9 heteroatoms. The van der Waals surface area contributed by atoms with Crippen LogP contribution in [0.15, 0.2) is 35.6 Å².